The van der Waals surface area contributed by atoms with Crippen LogP contribution in [0.2, 0.25) is 0 Å². The van der Waals surface area contributed by atoms with Crippen LogP contribution in [0.3, 0.4) is 0 Å². The van der Waals surface area contributed by atoms with Gasteiger partial charge in [0.15, 0.2) is 6.61 Å². The van der Waals surface area contributed by atoms with Crippen molar-refractivity contribution in [2.45, 2.75) is 57.1 Å². The van der Waals surface area contributed by atoms with E-state index in [1.165, 1.54) is 0 Å². The molecule has 0 aromatic rings. The monoisotopic (exact) mass is 381 g/mol. The first-order valence-corrected chi connectivity index (χ1v) is 9.60. The van der Waals surface area contributed by atoms with Crippen LogP contribution in [0.5, 0.6) is 0 Å². The predicted molar refractivity (Wildman–Crippen MR) is 93.6 cm³/mol. The Morgan fingerprint density at radius 2 is 2.00 bits per heavy atom. The minimum atomic E-state index is -0.789. The number of carbonyl (C=O) groups excluding carboxylic acids is 4. The number of ether oxygens (including phenoxy) is 2. The summed E-state index contributed by atoms with van der Waals surface area (Å²) in [6, 6.07) is -0.451. The molecule has 9 nitrogen and oxygen atoms in total. The van der Waals surface area contributed by atoms with Gasteiger partial charge in [-0.3, -0.25) is 19.3 Å². The van der Waals surface area contributed by atoms with Crippen LogP contribution in [0, 0.1) is 0 Å². The third kappa shape index (κ3) is 4.40. The Bertz CT molecular complexity index is 616. The molecule has 1 atom stereocenters. The molecule has 4 amide bonds. The lowest BCUT2D eigenvalue weighted by molar-refractivity contribution is -0.155. The largest absolute Gasteiger partial charge is 0.456 e. The Morgan fingerprint density at radius 1 is 1.26 bits per heavy atom. The van der Waals surface area contributed by atoms with E-state index in [0.29, 0.717) is 32.5 Å². The number of carbonyl (C=O) groups is 4. The van der Waals surface area contributed by atoms with Crippen molar-refractivity contribution in [1.29, 1.82) is 0 Å². The number of rotatable bonds is 5. The first kappa shape index (κ1) is 19.6. The van der Waals surface area contributed by atoms with Crippen molar-refractivity contribution in [2.24, 2.45) is 0 Å². The van der Waals surface area contributed by atoms with Gasteiger partial charge in [-0.2, -0.15) is 0 Å². The number of esters is 1. The van der Waals surface area contributed by atoms with Crippen molar-refractivity contribution >= 4 is 23.8 Å². The lowest BCUT2D eigenvalue weighted by atomic mass is 9.82. The molecule has 1 aliphatic carbocycles. The van der Waals surface area contributed by atoms with Gasteiger partial charge in [0.2, 0.25) is 0 Å². The summed E-state index contributed by atoms with van der Waals surface area (Å²) in [5, 5.41) is 2.80. The molecule has 2 saturated heterocycles. The van der Waals surface area contributed by atoms with Gasteiger partial charge in [0.1, 0.15) is 5.54 Å². The van der Waals surface area contributed by atoms with Crippen LogP contribution in [0.15, 0.2) is 0 Å². The van der Waals surface area contributed by atoms with Crippen molar-refractivity contribution in [3.05, 3.63) is 0 Å². The average Bonchev–Trinajstić information content (AvgIpc) is 2.88. The number of amides is 4. The number of nitrogens with zero attached hydrogens (tertiary/aromatic N) is 2. The first-order valence-electron chi connectivity index (χ1n) is 9.60. The summed E-state index contributed by atoms with van der Waals surface area (Å²) < 4.78 is 10.4. The maximum atomic E-state index is 12.6. The van der Waals surface area contributed by atoms with Crippen molar-refractivity contribution in [1.82, 2.24) is 15.1 Å². The number of morpholine rings is 1. The summed E-state index contributed by atoms with van der Waals surface area (Å²) in [6.45, 7) is 2.92. The van der Waals surface area contributed by atoms with E-state index in [1.807, 2.05) is 6.92 Å². The second kappa shape index (κ2) is 8.24. The Balaban J connectivity index is 1.43. The fraction of sp³-hybridized carbons (Fsp3) is 0.778. The highest BCUT2D eigenvalue weighted by Crippen LogP contribution is 2.33. The molecule has 0 radical (unpaired) electrons. The minimum Gasteiger partial charge on any atom is -0.456 e. The predicted octanol–water partition coefficient (Wildman–Crippen LogP) is 0.422. The molecule has 1 N–H and O–H groups in total. The van der Waals surface area contributed by atoms with E-state index in [2.05, 4.69) is 5.32 Å². The second-order valence-electron chi connectivity index (χ2n) is 7.46. The Morgan fingerprint density at radius 3 is 2.70 bits per heavy atom. The smallest absolute Gasteiger partial charge is 0.325 e. The zero-order valence-corrected chi connectivity index (χ0v) is 15.7. The van der Waals surface area contributed by atoms with Gasteiger partial charge in [0, 0.05) is 19.6 Å². The molecule has 0 bridgehead atoms. The van der Waals surface area contributed by atoms with Crippen LogP contribution in [-0.2, 0) is 23.9 Å². The van der Waals surface area contributed by atoms with Crippen molar-refractivity contribution in [3.63, 3.8) is 0 Å². The number of nitrogens with one attached hydrogen (secondary N) is 1. The molecule has 1 spiro atoms. The number of hydrogen-bond donors (Lipinski definition) is 1. The fourth-order valence-corrected chi connectivity index (χ4v) is 3.93. The van der Waals surface area contributed by atoms with E-state index in [1.54, 1.807) is 4.90 Å². The van der Waals surface area contributed by atoms with Crippen LogP contribution in [0.1, 0.15) is 45.4 Å². The maximum Gasteiger partial charge on any atom is 0.325 e. The Kier molecular flexibility index (Phi) is 5.98. The van der Waals surface area contributed by atoms with E-state index in [-0.39, 0.29) is 37.5 Å². The molecule has 3 rings (SSSR count). The molecular weight excluding hydrogens is 354 g/mol. The molecule has 2 aliphatic heterocycles. The second-order valence-corrected chi connectivity index (χ2v) is 7.46. The minimum absolute atomic E-state index is 0.0337. The summed E-state index contributed by atoms with van der Waals surface area (Å²) in [6.07, 6.45) is 4.00. The van der Waals surface area contributed by atoms with Gasteiger partial charge in [0.05, 0.1) is 19.1 Å². The molecule has 1 saturated carbocycles. The SMILES string of the molecule is CC1CN(C(=O)COC(=O)CCN2C(=O)NC3(CCCCC3)C2=O)CCO1. The molecule has 150 valence electrons. The molecule has 3 fully saturated rings. The van der Waals surface area contributed by atoms with E-state index in [0.717, 1.165) is 24.2 Å². The number of urea groups is 1. The van der Waals surface area contributed by atoms with E-state index in [4.69, 9.17) is 9.47 Å². The third-order valence-electron chi connectivity index (χ3n) is 5.44. The molecule has 0 aromatic heterocycles. The fourth-order valence-electron chi connectivity index (χ4n) is 3.93. The van der Waals surface area contributed by atoms with E-state index in [9.17, 15) is 19.2 Å². The molecule has 1 unspecified atom stereocenters. The van der Waals surface area contributed by atoms with Gasteiger partial charge in [-0.25, -0.2) is 4.79 Å². The van der Waals surface area contributed by atoms with Crippen LogP contribution >= 0.6 is 0 Å². The van der Waals surface area contributed by atoms with Crippen LogP contribution < -0.4 is 5.32 Å². The van der Waals surface area contributed by atoms with E-state index < -0.39 is 17.5 Å². The number of hydrogen-bond acceptors (Lipinski definition) is 6. The van der Waals surface area contributed by atoms with Gasteiger partial charge in [-0.1, -0.05) is 19.3 Å². The standard InChI is InChI=1S/C18H27N3O6/c1-13-11-20(9-10-26-13)14(22)12-27-15(23)5-8-21-16(24)18(19-17(21)25)6-3-2-4-7-18/h13H,2-12H2,1H3,(H,19,25). The third-order valence-corrected chi connectivity index (χ3v) is 5.44. The summed E-state index contributed by atoms with van der Waals surface area (Å²) in [5.74, 6) is -1.12. The van der Waals surface area contributed by atoms with Crippen molar-refractivity contribution < 1.29 is 28.7 Å². The number of imide groups is 1. The average molecular weight is 381 g/mol. The van der Waals surface area contributed by atoms with Crippen LogP contribution in [0.25, 0.3) is 0 Å². The quantitative estimate of drug-likeness (QED) is 0.547. The van der Waals surface area contributed by atoms with Gasteiger partial charge in [0.25, 0.3) is 11.8 Å². The topological polar surface area (TPSA) is 105 Å². The first-order chi connectivity index (χ1) is 12.9. The van der Waals surface area contributed by atoms with Gasteiger partial charge in [-0.15, -0.1) is 0 Å². The summed E-state index contributed by atoms with van der Waals surface area (Å²) >= 11 is 0. The zero-order valence-electron chi connectivity index (χ0n) is 15.7. The highest BCUT2D eigenvalue weighted by molar-refractivity contribution is 6.07. The normalized spacial score (nSPS) is 24.9. The Hall–Kier alpha value is -2.16. The highest BCUT2D eigenvalue weighted by Gasteiger charge is 2.51. The Labute approximate surface area is 158 Å². The summed E-state index contributed by atoms with van der Waals surface area (Å²) in [5.41, 5.74) is -0.789. The van der Waals surface area contributed by atoms with E-state index >= 15 is 0 Å². The van der Waals surface area contributed by atoms with Gasteiger partial charge in [-0.05, 0) is 19.8 Å². The molecule has 2 heterocycles. The van der Waals surface area contributed by atoms with Gasteiger partial charge < -0.3 is 19.7 Å². The van der Waals surface area contributed by atoms with Gasteiger partial charge >= 0.3 is 12.0 Å². The van der Waals surface area contributed by atoms with Crippen LogP contribution in [0.4, 0.5) is 4.79 Å². The maximum absolute atomic E-state index is 12.6. The molecule has 0 aromatic carbocycles. The van der Waals surface area contributed by atoms with Crippen molar-refractivity contribution in [3.8, 4) is 0 Å². The molecule has 27 heavy (non-hydrogen) atoms. The lowest BCUT2D eigenvalue weighted by Gasteiger charge is -2.31. The molecule has 3 aliphatic rings. The molecule has 9 heteroatoms. The lowest BCUT2D eigenvalue weighted by Crippen LogP contribution is -2.48. The zero-order chi connectivity index (χ0) is 19.4. The summed E-state index contributed by atoms with van der Waals surface area (Å²) in [4.78, 5) is 51.5. The van der Waals surface area contributed by atoms with Crippen LogP contribution in [-0.4, -0.2) is 78.1 Å². The van der Waals surface area contributed by atoms with Crippen molar-refractivity contribution in [2.75, 3.05) is 32.8 Å². The molecular formula is C18H27N3O6. The summed E-state index contributed by atoms with van der Waals surface area (Å²) in [7, 11) is 0. The highest BCUT2D eigenvalue weighted by atomic mass is 16.5.